The number of anilines is 1. The van der Waals surface area contributed by atoms with Gasteiger partial charge in [0.05, 0.1) is 22.3 Å². The van der Waals surface area contributed by atoms with Gasteiger partial charge in [-0.05, 0) is 24.6 Å². The molecule has 2 rings (SSSR count). The van der Waals surface area contributed by atoms with Gasteiger partial charge in [-0.3, -0.25) is 4.79 Å². The largest absolute Gasteiger partial charge is 0.322 e. The quantitative estimate of drug-likeness (QED) is 0.872. The van der Waals surface area contributed by atoms with Gasteiger partial charge in [-0.2, -0.15) is 0 Å². The molecule has 0 bridgehead atoms. The van der Waals surface area contributed by atoms with Crippen molar-refractivity contribution in [3.63, 3.8) is 0 Å². The van der Waals surface area contributed by atoms with Gasteiger partial charge in [0.25, 0.3) is 0 Å². The zero-order valence-corrected chi connectivity index (χ0v) is 13.1. The van der Waals surface area contributed by atoms with Crippen LogP contribution >= 0.6 is 23.2 Å². The molecular formula is C16H16Cl2N2O. The Balaban J connectivity index is 1.85. The Labute approximate surface area is 134 Å². The number of hydrogen-bond donors (Lipinski definition) is 2. The van der Waals surface area contributed by atoms with Crippen molar-refractivity contribution in [2.45, 2.75) is 13.5 Å². The Morgan fingerprint density at radius 3 is 2.43 bits per heavy atom. The molecule has 3 nitrogen and oxygen atoms in total. The average molecular weight is 323 g/mol. The van der Waals surface area contributed by atoms with Gasteiger partial charge in [-0.25, -0.2) is 0 Å². The Bertz CT molecular complexity index is 624. The molecule has 0 saturated heterocycles. The highest BCUT2D eigenvalue weighted by Crippen LogP contribution is 2.29. The van der Waals surface area contributed by atoms with Crippen LogP contribution in [0.25, 0.3) is 0 Å². The zero-order chi connectivity index (χ0) is 15.2. The summed E-state index contributed by atoms with van der Waals surface area (Å²) in [6, 6.07) is 13.2. The predicted molar refractivity (Wildman–Crippen MR) is 88.0 cm³/mol. The van der Waals surface area contributed by atoms with Crippen LogP contribution in [-0.2, 0) is 11.3 Å². The number of amides is 1. The number of carbonyl (C=O) groups excluding carboxylic acids is 1. The minimum absolute atomic E-state index is 0.183. The van der Waals surface area contributed by atoms with E-state index in [1.807, 2.05) is 25.1 Å². The van der Waals surface area contributed by atoms with Crippen LogP contribution in [0.5, 0.6) is 0 Å². The van der Waals surface area contributed by atoms with Gasteiger partial charge in [0.2, 0.25) is 5.91 Å². The molecule has 110 valence electrons. The molecule has 0 atom stereocenters. The zero-order valence-electron chi connectivity index (χ0n) is 11.6. The summed E-state index contributed by atoms with van der Waals surface area (Å²) in [4.78, 5) is 11.9. The number of aryl methyl sites for hydroxylation is 1. The van der Waals surface area contributed by atoms with Gasteiger partial charge < -0.3 is 10.6 Å². The van der Waals surface area contributed by atoms with E-state index in [0.29, 0.717) is 22.3 Å². The van der Waals surface area contributed by atoms with Crippen LogP contribution in [-0.4, -0.2) is 12.5 Å². The molecule has 0 spiro atoms. The van der Waals surface area contributed by atoms with E-state index in [0.717, 1.165) is 5.56 Å². The average Bonchev–Trinajstić information content (AvgIpc) is 2.43. The third kappa shape index (κ3) is 4.74. The smallest absolute Gasteiger partial charge is 0.238 e. The number of hydrogen-bond acceptors (Lipinski definition) is 2. The maximum atomic E-state index is 11.9. The lowest BCUT2D eigenvalue weighted by Crippen LogP contribution is -2.27. The van der Waals surface area contributed by atoms with E-state index >= 15 is 0 Å². The molecule has 1 amide bonds. The Morgan fingerprint density at radius 1 is 1.10 bits per heavy atom. The molecule has 0 radical (unpaired) electrons. The van der Waals surface area contributed by atoms with Crippen LogP contribution in [0.2, 0.25) is 10.0 Å². The number of nitrogens with one attached hydrogen (secondary N) is 2. The van der Waals surface area contributed by atoms with Crippen molar-refractivity contribution < 1.29 is 4.79 Å². The van der Waals surface area contributed by atoms with E-state index < -0.39 is 0 Å². The molecule has 2 N–H and O–H groups in total. The molecule has 0 aliphatic carbocycles. The molecular weight excluding hydrogens is 307 g/mol. The highest BCUT2D eigenvalue weighted by atomic mass is 35.5. The Kier molecular flexibility index (Phi) is 5.62. The summed E-state index contributed by atoms with van der Waals surface area (Å²) in [6.45, 7) is 2.86. The molecule has 0 unspecified atom stereocenters. The lowest BCUT2D eigenvalue weighted by atomic mass is 10.1. The van der Waals surface area contributed by atoms with E-state index in [-0.39, 0.29) is 12.5 Å². The van der Waals surface area contributed by atoms with Crippen molar-refractivity contribution in [3.05, 3.63) is 63.6 Å². The van der Waals surface area contributed by atoms with Crippen LogP contribution < -0.4 is 10.6 Å². The summed E-state index contributed by atoms with van der Waals surface area (Å²) < 4.78 is 0. The van der Waals surface area contributed by atoms with Crippen molar-refractivity contribution in [2.75, 3.05) is 11.9 Å². The molecule has 2 aromatic rings. The Hall–Kier alpha value is -1.55. The monoisotopic (exact) mass is 322 g/mol. The highest BCUT2D eigenvalue weighted by molar-refractivity contribution is 6.39. The van der Waals surface area contributed by atoms with Crippen molar-refractivity contribution in [1.29, 1.82) is 0 Å². The standard InChI is InChI=1S/C16H16Cl2N2O/c1-11-4-2-5-12(8-11)9-19-10-15(21)20-16-13(17)6-3-7-14(16)18/h2-8,19H,9-10H2,1H3,(H,20,21). The summed E-state index contributed by atoms with van der Waals surface area (Å²) in [7, 11) is 0. The molecule has 0 aliphatic rings. The highest BCUT2D eigenvalue weighted by Gasteiger charge is 2.09. The molecule has 0 aromatic heterocycles. The number of carbonyl (C=O) groups is 1. The van der Waals surface area contributed by atoms with Gasteiger partial charge in [0.1, 0.15) is 0 Å². The van der Waals surface area contributed by atoms with Crippen LogP contribution in [0.1, 0.15) is 11.1 Å². The fraction of sp³-hybridized carbons (Fsp3) is 0.188. The molecule has 0 heterocycles. The SMILES string of the molecule is Cc1cccc(CNCC(=O)Nc2c(Cl)cccc2Cl)c1. The van der Waals surface area contributed by atoms with Crippen LogP contribution in [0, 0.1) is 6.92 Å². The minimum atomic E-state index is -0.183. The van der Waals surface area contributed by atoms with E-state index in [4.69, 9.17) is 23.2 Å². The third-order valence-corrected chi connectivity index (χ3v) is 3.55. The second-order valence-electron chi connectivity index (χ2n) is 4.74. The summed E-state index contributed by atoms with van der Waals surface area (Å²) in [5.41, 5.74) is 2.78. The van der Waals surface area contributed by atoms with E-state index in [1.165, 1.54) is 5.56 Å². The van der Waals surface area contributed by atoms with Gasteiger partial charge in [-0.1, -0.05) is 59.1 Å². The van der Waals surface area contributed by atoms with E-state index in [9.17, 15) is 4.79 Å². The summed E-state index contributed by atoms with van der Waals surface area (Å²) in [6.07, 6.45) is 0. The summed E-state index contributed by atoms with van der Waals surface area (Å²) >= 11 is 12.0. The minimum Gasteiger partial charge on any atom is -0.322 e. The van der Waals surface area contributed by atoms with Gasteiger partial charge in [0, 0.05) is 6.54 Å². The van der Waals surface area contributed by atoms with Crippen LogP contribution in [0.3, 0.4) is 0 Å². The first kappa shape index (κ1) is 15.8. The first-order chi connectivity index (χ1) is 10.1. The normalized spacial score (nSPS) is 10.4. The molecule has 5 heteroatoms. The summed E-state index contributed by atoms with van der Waals surface area (Å²) in [5, 5.41) is 6.65. The second kappa shape index (κ2) is 7.46. The topological polar surface area (TPSA) is 41.1 Å². The first-order valence-corrected chi connectivity index (χ1v) is 7.32. The fourth-order valence-corrected chi connectivity index (χ4v) is 2.44. The van der Waals surface area contributed by atoms with Crippen LogP contribution in [0.15, 0.2) is 42.5 Å². The number of rotatable bonds is 5. The maximum absolute atomic E-state index is 11.9. The third-order valence-electron chi connectivity index (χ3n) is 2.92. The van der Waals surface area contributed by atoms with Gasteiger partial charge >= 0.3 is 0 Å². The lowest BCUT2D eigenvalue weighted by Gasteiger charge is -2.10. The van der Waals surface area contributed by atoms with Crippen LogP contribution in [0.4, 0.5) is 5.69 Å². The van der Waals surface area contributed by atoms with E-state index in [2.05, 4.69) is 16.7 Å². The second-order valence-corrected chi connectivity index (χ2v) is 5.55. The molecule has 0 fully saturated rings. The summed E-state index contributed by atoms with van der Waals surface area (Å²) in [5.74, 6) is -0.183. The number of benzene rings is 2. The van der Waals surface area contributed by atoms with Crippen molar-refractivity contribution in [1.82, 2.24) is 5.32 Å². The molecule has 2 aromatic carbocycles. The van der Waals surface area contributed by atoms with Gasteiger partial charge in [-0.15, -0.1) is 0 Å². The maximum Gasteiger partial charge on any atom is 0.238 e. The first-order valence-electron chi connectivity index (χ1n) is 6.56. The molecule has 0 aliphatic heterocycles. The van der Waals surface area contributed by atoms with Crippen molar-refractivity contribution in [2.24, 2.45) is 0 Å². The van der Waals surface area contributed by atoms with Gasteiger partial charge in [0.15, 0.2) is 0 Å². The predicted octanol–water partition coefficient (Wildman–Crippen LogP) is 4.03. The number of halogens is 2. The number of para-hydroxylation sites is 1. The lowest BCUT2D eigenvalue weighted by molar-refractivity contribution is -0.115. The fourth-order valence-electron chi connectivity index (χ4n) is 1.94. The molecule has 0 saturated carbocycles. The van der Waals surface area contributed by atoms with Crippen molar-refractivity contribution >= 4 is 34.8 Å². The van der Waals surface area contributed by atoms with E-state index in [1.54, 1.807) is 18.2 Å². The molecule has 21 heavy (non-hydrogen) atoms. The Morgan fingerprint density at radius 2 is 1.76 bits per heavy atom. The van der Waals surface area contributed by atoms with Crippen molar-refractivity contribution in [3.8, 4) is 0 Å².